The molecule has 114 valence electrons. The van der Waals surface area contributed by atoms with Gasteiger partial charge in [0.2, 0.25) is 0 Å². The number of likely N-dealkylation sites (N-methyl/N-ethyl adjacent to an activating group) is 1. The summed E-state index contributed by atoms with van der Waals surface area (Å²) >= 11 is 0. The Kier molecular flexibility index (Phi) is 7.25. The maximum absolute atomic E-state index is 5.78. The van der Waals surface area contributed by atoms with Gasteiger partial charge in [0.1, 0.15) is 0 Å². The summed E-state index contributed by atoms with van der Waals surface area (Å²) in [5.74, 6) is 0. The largest absolute Gasteiger partial charge is 0.379 e. The smallest absolute Gasteiger partial charge is 0.0661 e. The lowest BCUT2D eigenvalue weighted by atomic mass is 9.86. The van der Waals surface area contributed by atoms with E-state index >= 15 is 0 Å². The molecule has 1 atom stereocenters. The molecule has 2 heteroatoms. The summed E-state index contributed by atoms with van der Waals surface area (Å²) in [7, 11) is 2.00. The monoisotopic (exact) mass is 277 g/mol. The SMILES string of the molecule is CCCCCOCC(NC)c1ccc(C(C)(C)C)cc1. The van der Waals surface area contributed by atoms with E-state index in [0.717, 1.165) is 19.6 Å². The molecule has 0 fully saturated rings. The second-order valence-corrected chi connectivity index (χ2v) is 6.50. The molecule has 0 heterocycles. The van der Waals surface area contributed by atoms with Crippen LogP contribution in [0.3, 0.4) is 0 Å². The Morgan fingerprint density at radius 3 is 2.25 bits per heavy atom. The highest BCUT2D eigenvalue weighted by atomic mass is 16.5. The minimum atomic E-state index is 0.213. The normalized spacial score (nSPS) is 13.4. The van der Waals surface area contributed by atoms with E-state index in [0.29, 0.717) is 0 Å². The molecule has 1 rings (SSSR count). The maximum atomic E-state index is 5.78. The van der Waals surface area contributed by atoms with E-state index in [1.165, 1.54) is 24.0 Å². The van der Waals surface area contributed by atoms with Crippen LogP contribution in [0.1, 0.15) is 64.1 Å². The lowest BCUT2D eigenvalue weighted by Crippen LogP contribution is -2.22. The van der Waals surface area contributed by atoms with Gasteiger partial charge in [0, 0.05) is 6.61 Å². The highest BCUT2D eigenvalue weighted by Gasteiger charge is 2.15. The molecule has 2 nitrogen and oxygen atoms in total. The summed E-state index contributed by atoms with van der Waals surface area (Å²) in [6.45, 7) is 10.6. The number of unbranched alkanes of at least 4 members (excludes halogenated alkanes) is 2. The van der Waals surface area contributed by atoms with Crippen molar-refractivity contribution < 1.29 is 4.74 Å². The summed E-state index contributed by atoms with van der Waals surface area (Å²) in [6, 6.07) is 9.19. The third-order valence-corrected chi connectivity index (χ3v) is 3.70. The highest BCUT2D eigenvalue weighted by molar-refractivity contribution is 5.29. The molecule has 0 amide bonds. The number of hydrogen-bond acceptors (Lipinski definition) is 2. The molecule has 0 aliphatic carbocycles. The van der Waals surface area contributed by atoms with Crippen molar-refractivity contribution in [2.45, 2.75) is 58.4 Å². The molecule has 0 aromatic heterocycles. The van der Waals surface area contributed by atoms with E-state index in [-0.39, 0.29) is 11.5 Å². The van der Waals surface area contributed by atoms with Crippen molar-refractivity contribution in [3.05, 3.63) is 35.4 Å². The fraction of sp³-hybridized carbons (Fsp3) is 0.667. The molecule has 1 aromatic rings. The van der Waals surface area contributed by atoms with E-state index in [1.54, 1.807) is 0 Å². The standard InChI is InChI=1S/C18H31NO/c1-6-7-8-13-20-14-17(19-5)15-9-11-16(12-10-15)18(2,3)4/h9-12,17,19H,6-8,13-14H2,1-5H3. The fourth-order valence-electron chi connectivity index (χ4n) is 2.22. The van der Waals surface area contributed by atoms with Crippen LogP contribution in [0.2, 0.25) is 0 Å². The molecular weight excluding hydrogens is 246 g/mol. The fourth-order valence-corrected chi connectivity index (χ4v) is 2.22. The van der Waals surface area contributed by atoms with Gasteiger partial charge in [0.15, 0.2) is 0 Å². The van der Waals surface area contributed by atoms with Crippen molar-refractivity contribution in [2.24, 2.45) is 0 Å². The van der Waals surface area contributed by atoms with Gasteiger partial charge in [-0.15, -0.1) is 0 Å². The summed E-state index contributed by atoms with van der Waals surface area (Å²) in [5.41, 5.74) is 2.89. The van der Waals surface area contributed by atoms with Crippen LogP contribution in [0.15, 0.2) is 24.3 Å². The van der Waals surface area contributed by atoms with Gasteiger partial charge in [-0.1, -0.05) is 64.8 Å². The van der Waals surface area contributed by atoms with Crippen LogP contribution >= 0.6 is 0 Å². The first kappa shape index (κ1) is 17.2. The first-order chi connectivity index (χ1) is 9.49. The van der Waals surface area contributed by atoms with Crippen LogP contribution < -0.4 is 5.32 Å². The molecular formula is C18H31NO. The molecule has 1 unspecified atom stereocenters. The van der Waals surface area contributed by atoms with E-state index in [1.807, 2.05) is 7.05 Å². The Morgan fingerprint density at radius 2 is 1.75 bits per heavy atom. The van der Waals surface area contributed by atoms with Crippen molar-refractivity contribution in [3.63, 3.8) is 0 Å². The minimum absolute atomic E-state index is 0.213. The van der Waals surface area contributed by atoms with Crippen molar-refractivity contribution in [1.29, 1.82) is 0 Å². The summed E-state index contributed by atoms with van der Waals surface area (Å²) in [5, 5.41) is 3.34. The predicted octanol–water partition coefficient (Wildman–Crippen LogP) is 4.45. The van der Waals surface area contributed by atoms with E-state index in [2.05, 4.69) is 57.3 Å². The van der Waals surface area contributed by atoms with Crippen LogP contribution in [-0.4, -0.2) is 20.3 Å². The first-order valence-electron chi connectivity index (χ1n) is 7.84. The number of benzene rings is 1. The molecule has 0 radical (unpaired) electrons. The zero-order valence-electron chi connectivity index (χ0n) is 13.8. The van der Waals surface area contributed by atoms with E-state index < -0.39 is 0 Å². The Bertz CT molecular complexity index is 364. The molecule has 0 aliphatic heterocycles. The van der Waals surface area contributed by atoms with Crippen molar-refractivity contribution in [1.82, 2.24) is 5.32 Å². The average molecular weight is 277 g/mol. The quantitative estimate of drug-likeness (QED) is 0.709. The lowest BCUT2D eigenvalue weighted by Gasteiger charge is -2.21. The Balaban J connectivity index is 2.53. The maximum Gasteiger partial charge on any atom is 0.0661 e. The molecule has 0 aliphatic rings. The number of nitrogens with one attached hydrogen (secondary N) is 1. The van der Waals surface area contributed by atoms with Gasteiger partial charge in [-0.3, -0.25) is 0 Å². The predicted molar refractivity (Wildman–Crippen MR) is 87.3 cm³/mol. The topological polar surface area (TPSA) is 21.3 Å². The van der Waals surface area contributed by atoms with Crippen molar-refractivity contribution in [3.8, 4) is 0 Å². The third-order valence-electron chi connectivity index (χ3n) is 3.70. The molecule has 20 heavy (non-hydrogen) atoms. The second kappa shape index (κ2) is 8.43. The van der Waals surface area contributed by atoms with Gasteiger partial charge < -0.3 is 10.1 Å². The Hall–Kier alpha value is -0.860. The summed E-state index contributed by atoms with van der Waals surface area (Å²) in [4.78, 5) is 0. The molecule has 1 N–H and O–H groups in total. The van der Waals surface area contributed by atoms with Gasteiger partial charge in [-0.05, 0) is 30.0 Å². The zero-order valence-corrected chi connectivity index (χ0v) is 13.8. The zero-order chi connectivity index (χ0) is 15.0. The first-order valence-corrected chi connectivity index (χ1v) is 7.84. The van der Waals surface area contributed by atoms with Crippen LogP contribution in [-0.2, 0) is 10.2 Å². The molecule has 1 aromatic carbocycles. The Labute approximate surface area is 124 Å². The number of rotatable bonds is 8. The Morgan fingerprint density at radius 1 is 1.10 bits per heavy atom. The van der Waals surface area contributed by atoms with Crippen LogP contribution in [0.5, 0.6) is 0 Å². The minimum Gasteiger partial charge on any atom is -0.379 e. The van der Waals surface area contributed by atoms with Crippen LogP contribution in [0.4, 0.5) is 0 Å². The highest BCUT2D eigenvalue weighted by Crippen LogP contribution is 2.24. The van der Waals surface area contributed by atoms with Crippen molar-refractivity contribution >= 4 is 0 Å². The van der Waals surface area contributed by atoms with Gasteiger partial charge in [0.25, 0.3) is 0 Å². The van der Waals surface area contributed by atoms with Gasteiger partial charge in [-0.25, -0.2) is 0 Å². The van der Waals surface area contributed by atoms with Gasteiger partial charge in [0.05, 0.1) is 12.6 Å². The summed E-state index contributed by atoms with van der Waals surface area (Å²) < 4.78 is 5.78. The molecule has 0 bridgehead atoms. The van der Waals surface area contributed by atoms with Gasteiger partial charge >= 0.3 is 0 Å². The van der Waals surface area contributed by atoms with Crippen LogP contribution in [0.25, 0.3) is 0 Å². The number of hydrogen-bond donors (Lipinski definition) is 1. The van der Waals surface area contributed by atoms with Crippen LogP contribution in [0, 0.1) is 0 Å². The second-order valence-electron chi connectivity index (χ2n) is 6.50. The van der Waals surface area contributed by atoms with Crippen molar-refractivity contribution in [2.75, 3.05) is 20.3 Å². The summed E-state index contributed by atoms with van der Waals surface area (Å²) in [6.07, 6.45) is 3.66. The van der Waals surface area contributed by atoms with E-state index in [9.17, 15) is 0 Å². The molecule has 0 spiro atoms. The number of ether oxygens (including phenoxy) is 1. The third kappa shape index (κ3) is 5.64. The molecule has 0 saturated carbocycles. The van der Waals surface area contributed by atoms with Gasteiger partial charge in [-0.2, -0.15) is 0 Å². The average Bonchev–Trinajstić information content (AvgIpc) is 2.42. The molecule has 0 saturated heterocycles. The lowest BCUT2D eigenvalue weighted by molar-refractivity contribution is 0.110. The van der Waals surface area contributed by atoms with E-state index in [4.69, 9.17) is 4.74 Å².